The third kappa shape index (κ3) is 5.05. The van der Waals surface area contributed by atoms with Crippen LogP contribution in [-0.4, -0.2) is 34.9 Å². The Bertz CT molecular complexity index is 441. The highest BCUT2D eigenvalue weighted by atomic mass is 16.4. The van der Waals surface area contributed by atoms with Crippen LogP contribution >= 0.6 is 0 Å². The molecule has 116 valence electrons. The van der Waals surface area contributed by atoms with Gasteiger partial charge in [0.2, 0.25) is 0 Å². The molecular formula is C17H25NO3. The predicted molar refractivity (Wildman–Crippen MR) is 83.6 cm³/mol. The molecule has 0 aromatic heterocycles. The summed E-state index contributed by atoms with van der Waals surface area (Å²) in [5.74, 6) is -0.764. The van der Waals surface area contributed by atoms with Gasteiger partial charge in [-0.1, -0.05) is 37.5 Å². The molecule has 1 aromatic rings. The molecule has 21 heavy (non-hydrogen) atoms. The van der Waals surface area contributed by atoms with Gasteiger partial charge in [-0.05, 0) is 31.4 Å². The normalized spacial score (nSPS) is 17.4. The van der Waals surface area contributed by atoms with Gasteiger partial charge in [0.05, 0.1) is 5.60 Å². The molecule has 0 aliphatic heterocycles. The molecule has 0 heterocycles. The third-order valence-corrected chi connectivity index (χ3v) is 4.21. The topological polar surface area (TPSA) is 60.8 Å². The molecule has 2 N–H and O–H groups in total. The van der Waals surface area contributed by atoms with Crippen molar-refractivity contribution in [2.45, 2.75) is 50.5 Å². The number of nitrogens with zero attached hydrogens (tertiary/aromatic N) is 1. The number of carbonyl (C=O) groups is 1. The van der Waals surface area contributed by atoms with Crippen molar-refractivity contribution in [3.05, 3.63) is 30.3 Å². The first-order chi connectivity index (χ1) is 10.1. The zero-order chi connectivity index (χ0) is 15.1. The van der Waals surface area contributed by atoms with E-state index in [9.17, 15) is 9.90 Å². The quantitative estimate of drug-likeness (QED) is 0.810. The van der Waals surface area contributed by atoms with E-state index in [2.05, 4.69) is 4.90 Å². The van der Waals surface area contributed by atoms with Crippen molar-refractivity contribution < 1.29 is 15.0 Å². The minimum absolute atomic E-state index is 0.168. The van der Waals surface area contributed by atoms with E-state index in [1.54, 1.807) is 0 Å². The maximum absolute atomic E-state index is 10.8. The number of para-hydroxylation sites is 1. The second kappa shape index (κ2) is 7.46. The fourth-order valence-electron chi connectivity index (χ4n) is 3.08. The van der Waals surface area contributed by atoms with Gasteiger partial charge in [-0.2, -0.15) is 0 Å². The van der Waals surface area contributed by atoms with E-state index in [1.165, 1.54) is 6.42 Å². The molecule has 4 heteroatoms. The van der Waals surface area contributed by atoms with E-state index in [-0.39, 0.29) is 6.42 Å². The van der Waals surface area contributed by atoms with Gasteiger partial charge in [0.15, 0.2) is 0 Å². The van der Waals surface area contributed by atoms with Crippen LogP contribution in [0.3, 0.4) is 0 Å². The molecular weight excluding hydrogens is 266 g/mol. The molecule has 1 aliphatic carbocycles. The molecule has 0 radical (unpaired) electrons. The van der Waals surface area contributed by atoms with E-state index in [0.717, 1.165) is 31.4 Å². The Labute approximate surface area is 126 Å². The highest BCUT2D eigenvalue weighted by molar-refractivity contribution is 5.66. The average Bonchev–Trinajstić information content (AvgIpc) is 2.47. The molecule has 1 aliphatic rings. The molecule has 4 nitrogen and oxygen atoms in total. The van der Waals surface area contributed by atoms with Gasteiger partial charge in [0.1, 0.15) is 0 Å². The van der Waals surface area contributed by atoms with E-state index < -0.39 is 11.6 Å². The highest BCUT2D eigenvalue weighted by Gasteiger charge is 2.31. The summed E-state index contributed by atoms with van der Waals surface area (Å²) in [5.41, 5.74) is 0.430. The monoisotopic (exact) mass is 291 g/mol. The van der Waals surface area contributed by atoms with Crippen LogP contribution in [0, 0.1) is 0 Å². The lowest BCUT2D eigenvalue weighted by Gasteiger charge is -2.38. The van der Waals surface area contributed by atoms with Crippen LogP contribution in [0.4, 0.5) is 5.69 Å². The maximum Gasteiger partial charge on any atom is 0.303 e. The van der Waals surface area contributed by atoms with Crippen LogP contribution in [0.1, 0.15) is 44.9 Å². The van der Waals surface area contributed by atoms with Crippen molar-refractivity contribution in [1.82, 2.24) is 0 Å². The summed E-state index contributed by atoms with van der Waals surface area (Å²) in [6, 6.07) is 9.96. The van der Waals surface area contributed by atoms with E-state index in [4.69, 9.17) is 5.11 Å². The lowest BCUT2D eigenvalue weighted by Crippen LogP contribution is -2.45. The standard InChI is InChI=1S/C17H25NO3/c19-16(20)10-7-13-18(15-8-3-1-4-9-15)14-17(21)11-5-2-6-12-17/h1,3-4,8-9,21H,2,5-7,10-14H2,(H,19,20). The van der Waals surface area contributed by atoms with E-state index in [1.807, 2.05) is 30.3 Å². The maximum atomic E-state index is 10.8. The Balaban J connectivity index is 2.02. The summed E-state index contributed by atoms with van der Waals surface area (Å²) in [7, 11) is 0. The van der Waals surface area contributed by atoms with Crippen molar-refractivity contribution >= 4 is 11.7 Å². The Morgan fingerprint density at radius 2 is 1.81 bits per heavy atom. The summed E-state index contributed by atoms with van der Waals surface area (Å²) in [6.07, 6.45) is 5.81. The average molecular weight is 291 g/mol. The van der Waals surface area contributed by atoms with Gasteiger partial charge in [0, 0.05) is 25.2 Å². The Morgan fingerprint density at radius 1 is 1.14 bits per heavy atom. The first kappa shape index (κ1) is 15.8. The lowest BCUT2D eigenvalue weighted by atomic mass is 9.84. The number of benzene rings is 1. The molecule has 1 aromatic carbocycles. The van der Waals surface area contributed by atoms with Crippen molar-refractivity contribution in [2.75, 3.05) is 18.0 Å². The number of aliphatic carboxylic acids is 1. The van der Waals surface area contributed by atoms with Crippen LogP contribution in [0.15, 0.2) is 30.3 Å². The van der Waals surface area contributed by atoms with Crippen LogP contribution < -0.4 is 4.90 Å². The summed E-state index contributed by atoms with van der Waals surface area (Å²) < 4.78 is 0. The van der Waals surface area contributed by atoms with Crippen LogP contribution in [0.2, 0.25) is 0 Å². The fraction of sp³-hybridized carbons (Fsp3) is 0.588. The molecule has 0 amide bonds. The second-order valence-electron chi connectivity index (χ2n) is 6.04. The Hall–Kier alpha value is -1.55. The molecule has 1 saturated carbocycles. The largest absolute Gasteiger partial charge is 0.481 e. The number of aliphatic hydroxyl groups is 1. The number of rotatable bonds is 7. The van der Waals surface area contributed by atoms with Gasteiger partial charge in [0.25, 0.3) is 0 Å². The summed E-state index contributed by atoms with van der Waals surface area (Å²) in [6.45, 7) is 1.26. The van der Waals surface area contributed by atoms with Gasteiger partial charge >= 0.3 is 5.97 Å². The zero-order valence-electron chi connectivity index (χ0n) is 12.5. The van der Waals surface area contributed by atoms with Crippen LogP contribution in [0.25, 0.3) is 0 Å². The minimum Gasteiger partial charge on any atom is -0.481 e. The van der Waals surface area contributed by atoms with Gasteiger partial charge in [-0.15, -0.1) is 0 Å². The van der Waals surface area contributed by atoms with Crippen molar-refractivity contribution in [2.24, 2.45) is 0 Å². The van der Waals surface area contributed by atoms with Crippen LogP contribution in [0.5, 0.6) is 0 Å². The van der Waals surface area contributed by atoms with Crippen molar-refractivity contribution in [3.8, 4) is 0 Å². The predicted octanol–water partition coefficient (Wildman–Crippen LogP) is 3.05. The minimum atomic E-state index is -0.764. The summed E-state index contributed by atoms with van der Waals surface area (Å²) in [5, 5.41) is 19.6. The van der Waals surface area contributed by atoms with Gasteiger partial charge < -0.3 is 15.1 Å². The molecule has 0 bridgehead atoms. The Morgan fingerprint density at radius 3 is 2.43 bits per heavy atom. The lowest BCUT2D eigenvalue weighted by molar-refractivity contribution is -0.137. The smallest absolute Gasteiger partial charge is 0.303 e. The fourth-order valence-corrected chi connectivity index (χ4v) is 3.08. The molecule has 0 atom stereocenters. The summed E-state index contributed by atoms with van der Waals surface area (Å²) in [4.78, 5) is 12.8. The van der Waals surface area contributed by atoms with Crippen molar-refractivity contribution in [3.63, 3.8) is 0 Å². The third-order valence-electron chi connectivity index (χ3n) is 4.21. The van der Waals surface area contributed by atoms with E-state index >= 15 is 0 Å². The second-order valence-corrected chi connectivity index (χ2v) is 6.04. The first-order valence-corrected chi connectivity index (χ1v) is 7.83. The van der Waals surface area contributed by atoms with Crippen molar-refractivity contribution in [1.29, 1.82) is 0 Å². The number of carboxylic acid groups (broad SMARTS) is 1. The highest BCUT2D eigenvalue weighted by Crippen LogP contribution is 2.30. The molecule has 1 fully saturated rings. The number of hydrogen-bond acceptors (Lipinski definition) is 3. The molecule has 0 spiro atoms. The van der Waals surface area contributed by atoms with Gasteiger partial charge in [-0.3, -0.25) is 4.79 Å². The first-order valence-electron chi connectivity index (χ1n) is 7.83. The SMILES string of the molecule is O=C(O)CCCN(CC1(O)CCCCC1)c1ccccc1. The Kier molecular flexibility index (Phi) is 5.62. The van der Waals surface area contributed by atoms with E-state index in [0.29, 0.717) is 19.5 Å². The van der Waals surface area contributed by atoms with Crippen LogP contribution in [-0.2, 0) is 4.79 Å². The number of carboxylic acids is 1. The molecule has 0 unspecified atom stereocenters. The molecule has 2 rings (SSSR count). The zero-order valence-corrected chi connectivity index (χ0v) is 12.5. The number of hydrogen-bond donors (Lipinski definition) is 2. The van der Waals surface area contributed by atoms with Gasteiger partial charge in [-0.25, -0.2) is 0 Å². The molecule has 0 saturated heterocycles. The summed E-state index contributed by atoms with van der Waals surface area (Å²) >= 11 is 0. The number of anilines is 1.